The van der Waals surface area contributed by atoms with Crippen LogP contribution in [0.15, 0.2) is 35.3 Å². The number of hydrogen-bond acceptors (Lipinski definition) is 2. The fraction of sp³-hybridized carbons (Fsp3) is 0.333. The summed E-state index contributed by atoms with van der Waals surface area (Å²) >= 11 is 0. The smallest absolute Gasteiger partial charge is 0.193 e. The summed E-state index contributed by atoms with van der Waals surface area (Å²) < 4.78 is 1.82. The van der Waals surface area contributed by atoms with Crippen molar-refractivity contribution in [1.82, 2.24) is 9.78 Å². The highest BCUT2D eigenvalue weighted by Gasteiger charge is 2.01. The van der Waals surface area contributed by atoms with Crippen molar-refractivity contribution in [3.05, 3.63) is 47.3 Å². The fourth-order valence-corrected chi connectivity index (χ4v) is 2.03. The van der Waals surface area contributed by atoms with Crippen LogP contribution in [0.25, 0.3) is 0 Å². The van der Waals surface area contributed by atoms with Crippen molar-refractivity contribution in [3.63, 3.8) is 0 Å². The van der Waals surface area contributed by atoms with Crippen LogP contribution in [0, 0.1) is 6.92 Å². The molecule has 20 heavy (non-hydrogen) atoms. The van der Waals surface area contributed by atoms with E-state index in [4.69, 9.17) is 5.73 Å². The Kier molecular flexibility index (Phi) is 4.40. The number of nitrogens with two attached hydrogens (primary N) is 1. The summed E-state index contributed by atoms with van der Waals surface area (Å²) in [5.41, 5.74) is 10.2. The van der Waals surface area contributed by atoms with Gasteiger partial charge in [0.05, 0.1) is 17.9 Å². The van der Waals surface area contributed by atoms with Crippen LogP contribution in [0.1, 0.15) is 23.9 Å². The number of hydrogen-bond donors (Lipinski definition) is 2. The van der Waals surface area contributed by atoms with Crippen LogP contribution in [0.2, 0.25) is 0 Å². The van der Waals surface area contributed by atoms with Crippen LogP contribution in [0.5, 0.6) is 0 Å². The normalized spacial score (nSPS) is 11.7. The molecule has 0 spiro atoms. The van der Waals surface area contributed by atoms with E-state index in [1.807, 2.05) is 36.9 Å². The maximum atomic E-state index is 5.91. The summed E-state index contributed by atoms with van der Waals surface area (Å²) in [7, 11) is 1.91. The molecule has 2 rings (SSSR count). The van der Waals surface area contributed by atoms with Crippen LogP contribution in [-0.4, -0.2) is 15.7 Å². The van der Waals surface area contributed by atoms with Gasteiger partial charge in [0.2, 0.25) is 0 Å². The summed E-state index contributed by atoms with van der Waals surface area (Å²) in [6, 6.07) is 10.2. The zero-order valence-corrected chi connectivity index (χ0v) is 12.2. The Morgan fingerprint density at radius 3 is 2.85 bits per heavy atom. The molecule has 5 heteroatoms. The number of benzene rings is 1. The lowest BCUT2D eigenvalue weighted by Gasteiger charge is -2.07. The molecule has 0 unspecified atom stereocenters. The Labute approximate surface area is 119 Å². The fourth-order valence-electron chi connectivity index (χ4n) is 2.03. The first-order valence-corrected chi connectivity index (χ1v) is 6.74. The third-order valence-electron chi connectivity index (χ3n) is 3.12. The van der Waals surface area contributed by atoms with Crippen molar-refractivity contribution < 1.29 is 0 Å². The molecule has 0 amide bonds. The van der Waals surface area contributed by atoms with E-state index in [0.29, 0.717) is 12.5 Å². The van der Waals surface area contributed by atoms with Crippen LogP contribution in [0.4, 0.5) is 5.69 Å². The maximum absolute atomic E-state index is 5.91. The predicted molar refractivity (Wildman–Crippen MR) is 82.7 cm³/mol. The van der Waals surface area contributed by atoms with Gasteiger partial charge in [-0.15, -0.1) is 0 Å². The summed E-state index contributed by atoms with van der Waals surface area (Å²) in [6.07, 6.45) is 1.00. The van der Waals surface area contributed by atoms with E-state index in [1.165, 1.54) is 5.56 Å². The lowest BCUT2D eigenvalue weighted by Crippen LogP contribution is -2.22. The van der Waals surface area contributed by atoms with Crippen LogP contribution >= 0.6 is 0 Å². The van der Waals surface area contributed by atoms with Crippen molar-refractivity contribution in [2.75, 3.05) is 5.32 Å². The van der Waals surface area contributed by atoms with Crippen molar-refractivity contribution in [2.45, 2.75) is 26.8 Å². The molecule has 0 atom stereocenters. The number of guanidine groups is 1. The molecule has 0 fully saturated rings. The largest absolute Gasteiger partial charge is 0.370 e. The third-order valence-corrected chi connectivity index (χ3v) is 3.12. The van der Waals surface area contributed by atoms with Gasteiger partial charge in [0.1, 0.15) is 0 Å². The van der Waals surface area contributed by atoms with E-state index in [-0.39, 0.29) is 0 Å². The minimum atomic E-state index is 0.414. The molecule has 0 aliphatic rings. The first-order chi connectivity index (χ1) is 9.58. The highest BCUT2D eigenvalue weighted by molar-refractivity contribution is 5.92. The number of aryl methyl sites for hydroxylation is 3. The molecule has 3 N–H and O–H groups in total. The SMILES string of the molecule is CCc1cccc(NC(N)=NCc2cc(C)nn2C)c1. The molecule has 0 bridgehead atoms. The highest BCUT2D eigenvalue weighted by Crippen LogP contribution is 2.11. The molecule has 0 aliphatic carbocycles. The van der Waals surface area contributed by atoms with Crippen molar-refractivity contribution in [2.24, 2.45) is 17.8 Å². The molecule has 5 nitrogen and oxygen atoms in total. The molecular weight excluding hydrogens is 250 g/mol. The molecule has 0 aliphatic heterocycles. The minimum absolute atomic E-state index is 0.414. The molecular formula is C15H21N5. The second-order valence-electron chi connectivity index (χ2n) is 4.78. The summed E-state index contributed by atoms with van der Waals surface area (Å²) in [5.74, 6) is 0.414. The second-order valence-corrected chi connectivity index (χ2v) is 4.78. The standard InChI is InChI=1S/C15H21N5/c1-4-12-6-5-7-13(9-12)18-15(16)17-10-14-8-11(2)19-20(14)3/h5-9H,4,10H2,1-3H3,(H3,16,17,18). The van der Waals surface area contributed by atoms with Gasteiger partial charge in [-0.3, -0.25) is 4.68 Å². The molecule has 0 radical (unpaired) electrons. The van der Waals surface area contributed by atoms with Gasteiger partial charge in [-0.2, -0.15) is 5.10 Å². The molecule has 0 saturated heterocycles. The van der Waals surface area contributed by atoms with E-state index in [2.05, 4.69) is 34.5 Å². The van der Waals surface area contributed by atoms with Gasteiger partial charge in [0.15, 0.2) is 5.96 Å². The first-order valence-electron chi connectivity index (χ1n) is 6.74. The van der Waals surface area contributed by atoms with Gasteiger partial charge < -0.3 is 11.1 Å². The number of nitrogens with one attached hydrogen (secondary N) is 1. The van der Waals surface area contributed by atoms with Crippen molar-refractivity contribution >= 4 is 11.6 Å². The number of nitrogens with zero attached hydrogens (tertiary/aromatic N) is 3. The van der Waals surface area contributed by atoms with Gasteiger partial charge in [0, 0.05) is 12.7 Å². The van der Waals surface area contributed by atoms with Crippen LogP contribution in [-0.2, 0) is 20.0 Å². The van der Waals surface area contributed by atoms with E-state index in [1.54, 1.807) is 0 Å². The quantitative estimate of drug-likeness (QED) is 0.662. The molecule has 1 aromatic carbocycles. The van der Waals surface area contributed by atoms with Crippen LogP contribution in [0.3, 0.4) is 0 Å². The topological polar surface area (TPSA) is 68.2 Å². The lowest BCUT2D eigenvalue weighted by molar-refractivity contribution is 0.706. The van der Waals surface area contributed by atoms with Crippen molar-refractivity contribution in [3.8, 4) is 0 Å². The van der Waals surface area contributed by atoms with E-state index in [9.17, 15) is 0 Å². The Hall–Kier alpha value is -2.30. The first kappa shape index (κ1) is 14.1. The van der Waals surface area contributed by atoms with Gasteiger partial charge in [-0.1, -0.05) is 19.1 Å². The highest BCUT2D eigenvalue weighted by atomic mass is 15.3. The van der Waals surface area contributed by atoms with Gasteiger partial charge in [0.25, 0.3) is 0 Å². The number of aliphatic imine (C=N–C) groups is 1. The molecule has 0 saturated carbocycles. The van der Waals surface area contributed by atoms with Crippen molar-refractivity contribution in [1.29, 1.82) is 0 Å². The third kappa shape index (κ3) is 3.60. The zero-order chi connectivity index (χ0) is 14.5. The number of anilines is 1. The maximum Gasteiger partial charge on any atom is 0.193 e. The number of rotatable bonds is 4. The van der Waals surface area contributed by atoms with Crippen LogP contribution < -0.4 is 11.1 Å². The molecule has 2 aromatic rings. The zero-order valence-electron chi connectivity index (χ0n) is 12.2. The Bertz CT molecular complexity index is 612. The molecule has 1 aromatic heterocycles. The van der Waals surface area contributed by atoms with E-state index >= 15 is 0 Å². The Morgan fingerprint density at radius 1 is 1.40 bits per heavy atom. The second kappa shape index (κ2) is 6.23. The predicted octanol–water partition coefficient (Wildman–Crippen LogP) is 2.22. The Morgan fingerprint density at radius 2 is 2.20 bits per heavy atom. The van der Waals surface area contributed by atoms with Gasteiger partial charge in [-0.05, 0) is 37.1 Å². The summed E-state index contributed by atoms with van der Waals surface area (Å²) in [5, 5.41) is 7.39. The molecule has 1 heterocycles. The summed E-state index contributed by atoms with van der Waals surface area (Å²) in [4.78, 5) is 4.34. The van der Waals surface area contributed by atoms with Gasteiger partial charge >= 0.3 is 0 Å². The average Bonchev–Trinajstić information content (AvgIpc) is 2.75. The minimum Gasteiger partial charge on any atom is -0.370 e. The lowest BCUT2D eigenvalue weighted by atomic mass is 10.1. The molecule has 106 valence electrons. The van der Waals surface area contributed by atoms with E-state index in [0.717, 1.165) is 23.5 Å². The Balaban J connectivity index is 2.02. The van der Waals surface area contributed by atoms with E-state index < -0.39 is 0 Å². The number of aromatic nitrogens is 2. The monoisotopic (exact) mass is 271 g/mol. The summed E-state index contributed by atoms with van der Waals surface area (Å²) in [6.45, 7) is 4.61. The average molecular weight is 271 g/mol. The van der Waals surface area contributed by atoms with Gasteiger partial charge in [-0.25, -0.2) is 4.99 Å².